The molecule has 0 fully saturated rings. The first-order valence-electron chi connectivity index (χ1n) is 9.78. The third kappa shape index (κ3) is 2.76. The highest BCUT2D eigenvalue weighted by Gasteiger charge is 2.25. The molecule has 6 aromatic rings. The van der Waals surface area contributed by atoms with Gasteiger partial charge in [0.1, 0.15) is 0 Å². The molecule has 0 amide bonds. The van der Waals surface area contributed by atoms with Gasteiger partial charge in [-0.2, -0.15) is 0 Å². The molecule has 5 heteroatoms. The molecule has 0 unspecified atom stereocenters. The summed E-state index contributed by atoms with van der Waals surface area (Å²) in [5.74, 6) is 0.0762. The molecule has 0 atom stereocenters. The summed E-state index contributed by atoms with van der Waals surface area (Å²) >= 11 is 7.31. The lowest BCUT2D eigenvalue weighted by Gasteiger charge is -2.17. The predicted octanol–water partition coefficient (Wildman–Crippen LogP) is 7.84. The number of nitrogens with one attached hydrogen (secondary N) is 3. The first-order chi connectivity index (χ1) is 14.7. The van der Waals surface area contributed by atoms with Gasteiger partial charge in [-0.05, 0) is 59.2 Å². The normalized spacial score (nSPS) is 12.0. The fraction of sp³-hybridized carbons (Fsp3) is 0.0400. The van der Waals surface area contributed by atoms with E-state index in [0.717, 1.165) is 25.5 Å². The highest BCUT2D eigenvalue weighted by atomic mass is 79.9. The van der Waals surface area contributed by atoms with Crippen molar-refractivity contribution in [1.82, 2.24) is 15.0 Å². The molecule has 0 saturated heterocycles. The number of rotatable bonds is 3. The lowest BCUT2D eigenvalue weighted by molar-refractivity contribution is 1.01. The van der Waals surface area contributed by atoms with Crippen molar-refractivity contribution in [3.63, 3.8) is 0 Å². The van der Waals surface area contributed by atoms with Gasteiger partial charge >= 0.3 is 0 Å². The van der Waals surface area contributed by atoms with Crippen LogP contribution in [0.1, 0.15) is 22.6 Å². The molecular weight excluding hydrogens is 502 g/mol. The van der Waals surface area contributed by atoms with Crippen molar-refractivity contribution in [2.75, 3.05) is 0 Å². The van der Waals surface area contributed by atoms with Crippen molar-refractivity contribution in [3.8, 4) is 0 Å². The van der Waals surface area contributed by atoms with Crippen LogP contribution in [0.5, 0.6) is 0 Å². The Balaban J connectivity index is 1.70. The highest BCUT2D eigenvalue weighted by molar-refractivity contribution is 9.10. The molecule has 30 heavy (non-hydrogen) atoms. The summed E-state index contributed by atoms with van der Waals surface area (Å²) < 4.78 is 2.16. The van der Waals surface area contributed by atoms with Crippen LogP contribution < -0.4 is 0 Å². The smallest absolute Gasteiger partial charge is 0.0457 e. The molecule has 0 bridgehead atoms. The van der Waals surface area contributed by atoms with E-state index in [1.54, 1.807) is 0 Å². The van der Waals surface area contributed by atoms with Gasteiger partial charge in [-0.25, -0.2) is 0 Å². The Morgan fingerprint density at radius 1 is 0.533 bits per heavy atom. The van der Waals surface area contributed by atoms with Crippen LogP contribution in [0.4, 0.5) is 0 Å². The van der Waals surface area contributed by atoms with Crippen molar-refractivity contribution < 1.29 is 0 Å². The number of H-pyrrole nitrogens is 3. The maximum Gasteiger partial charge on any atom is 0.0457 e. The third-order valence-electron chi connectivity index (χ3n) is 5.91. The number of halogens is 2. The Hall–Kier alpha value is -2.76. The van der Waals surface area contributed by atoms with Crippen LogP contribution in [-0.2, 0) is 0 Å². The number of aromatic amines is 3. The van der Waals surface area contributed by atoms with Gasteiger partial charge in [-0.1, -0.05) is 50.1 Å². The van der Waals surface area contributed by atoms with Gasteiger partial charge in [0.05, 0.1) is 0 Å². The Bertz CT molecular complexity index is 1460. The molecule has 146 valence electrons. The summed E-state index contributed by atoms with van der Waals surface area (Å²) in [5.41, 5.74) is 7.22. The molecule has 3 heterocycles. The van der Waals surface area contributed by atoms with E-state index in [1.807, 2.05) is 0 Å². The molecule has 0 aliphatic rings. The summed E-state index contributed by atoms with van der Waals surface area (Å²) in [6.07, 6.45) is 6.46. The fourth-order valence-electron chi connectivity index (χ4n) is 4.54. The second-order valence-electron chi connectivity index (χ2n) is 7.59. The van der Waals surface area contributed by atoms with Gasteiger partial charge in [-0.15, -0.1) is 0 Å². The second kappa shape index (κ2) is 6.89. The average molecular weight is 519 g/mol. The number of aromatic nitrogens is 3. The monoisotopic (exact) mass is 517 g/mol. The van der Waals surface area contributed by atoms with Crippen molar-refractivity contribution in [1.29, 1.82) is 0 Å². The minimum Gasteiger partial charge on any atom is -0.361 e. The quantitative estimate of drug-likeness (QED) is 0.214. The van der Waals surface area contributed by atoms with E-state index in [0.29, 0.717) is 0 Å². The Morgan fingerprint density at radius 2 is 1.00 bits per heavy atom. The van der Waals surface area contributed by atoms with Crippen LogP contribution in [0.3, 0.4) is 0 Å². The van der Waals surface area contributed by atoms with Crippen LogP contribution in [0.15, 0.2) is 88.2 Å². The van der Waals surface area contributed by atoms with Crippen LogP contribution in [0, 0.1) is 0 Å². The largest absolute Gasteiger partial charge is 0.361 e. The zero-order chi connectivity index (χ0) is 20.2. The standard InChI is InChI=1S/C25H17Br2N3/c26-14-5-7-23-17(9-14)20(12-29-23)25(19-11-28-22-4-2-1-3-16(19)22)21-13-30-24-8-6-15(27)10-18(21)24/h1-13,25,28-30H. The second-order valence-corrected chi connectivity index (χ2v) is 9.42. The zero-order valence-electron chi connectivity index (χ0n) is 15.8. The van der Waals surface area contributed by atoms with E-state index in [1.165, 1.54) is 32.8 Å². The molecule has 6 rings (SSSR count). The van der Waals surface area contributed by atoms with Crippen molar-refractivity contribution in [2.24, 2.45) is 0 Å². The summed E-state index contributed by atoms with van der Waals surface area (Å²) in [6, 6.07) is 21.3. The average Bonchev–Trinajstić information content (AvgIpc) is 3.47. The Kier molecular flexibility index (Phi) is 4.15. The first kappa shape index (κ1) is 18.0. The number of hydrogen-bond donors (Lipinski definition) is 3. The molecule has 0 aliphatic heterocycles. The maximum atomic E-state index is 3.65. The Morgan fingerprint density at radius 3 is 1.57 bits per heavy atom. The number of benzene rings is 3. The molecular formula is C25H17Br2N3. The molecule has 3 N–H and O–H groups in total. The van der Waals surface area contributed by atoms with E-state index >= 15 is 0 Å². The summed E-state index contributed by atoms with van der Waals surface area (Å²) in [6.45, 7) is 0. The van der Waals surface area contributed by atoms with E-state index in [9.17, 15) is 0 Å². The van der Waals surface area contributed by atoms with E-state index < -0.39 is 0 Å². The number of fused-ring (bicyclic) bond motifs is 3. The van der Waals surface area contributed by atoms with Crippen molar-refractivity contribution >= 4 is 64.6 Å². The number of hydrogen-bond acceptors (Lipinski definition) is 0. The van der Waals surface area contributed by atoms with E-state index in [2.05, 4.69) is 126 Å². The summed E-state index contributed by atoms with van der Waals surface area (Å²) in [4.78, 5) is 10.4. The van der Waals surface area contributed by atoms with E-state index in [-0.39, 0.29) is 5.92 Å². The van der Waals surface area contributed by atoms with Crippen LogP contribution in [0.25, 0.3) is 32.7 Å². The third-order valence-corrected chi connectivity index (χ3v) is 6.89. The molecule has 0 aliphatic carbocycles. The van der Waals surface area contributed by atoms with Gasteiger partial charge in [0, 0.05) is 66.2 Å². The lowest BCUT2D eigenvalue weighted by Crippen LogP contribution is -2.02. The fourth-order valence-corrected chi connectivity index (χ4v) is 5.26. The highest BCUT2D eigenvalue weighted by Crippen LogP contribution is 2.42. The van der Waals surface area contributed by atoms with Gasteiger partial charge in [0.15, 0.2) is 0 Å². The predicted molar refractivity (Wildman–Crippen MR) is 131 cm³/mol. The minimum atomic E-state index is 0.0762. The van der Waals surface area contributed by atoms with Gasteiger partial charge in [-0.3, -0.25) is 0 Å². The minimum absolute atomic E-state index is 0.0762. The van der Waals surface area contributed by atoms with Crippen molar-refractivity contribution in [3.05, 3.63) is 105 Å². The SMILES string of the molecule is Brc1ccc2[nH]cc(C(c3c[nH]c4ccccc34)c3c[nH]c4ccc(Br)cc34)c2c1. The molecule has 3 aromatic heterocycles. The van der Waals surface area contributed by atoms with Crippen LogP contribution in [-0.4, -0.2) is 15.0 Å². The molecule has 0 spiro atoms. The zero-order valence-corrected chi connectivity index (χ0v) is 19.0. The molecule has 0 saturated carbocycles. The summed E-state index contributed by atoms with van der Waals surface area (Å²) in [7, 11) is 0. The Labute approximate surface area is 189 Å². The van der Waals surface area contributed by atoms with Gasteiger partial charge in [0.25, 0.3) is 0 Å². The van der Waals surface area contributed by atoms with Crippen LogP contribution >= 0.6 is 31.9 Å². The molecule has 3 nitrogen and oxygen atoms in total. The topological polar surface area (TPSA) is 47.4 Å². The number of para-hydroxylation sites is 1. The molecule has 0 radical (unpaired) electrons. The summed E-state index contributed by atoms with van der Waals surface area (Å²) in [5, 5.41) is 3.70. The van der Waals surface area contributed by atoms with Crippen LogP contribution in [0.2, 0.25) is 0 Å². The lowest BCUT2D eigenvalue weighted by atomic mass is 9.84. The van der Waals surface area contributed by atoms with Crippen molar-refractivity contribution in [2.45, 2.75) is 5.92 Å². The van der Waals surface area contributed by atoms with Gasteiger partial charge in [0.2, 0.25) is 0 Å². The maximum absolute atomic E-state index is 3.65. The van der Waals surface area contributed by atoms with Gasteiger partial charge < -0.3 is 15.0 Å². The first-order valence-corrected chi connectivity index (χ1v) is 11.4. The van der Waals surface area contributed by atoms with E-state index in [4.69, 9.17) is 0 Å². The molecule has 3 aromatic carbocycles.